The molecule has 1 aliphatic heterocycles. The minimum absolute atomic E-state index is 0.206. The zero-order valence-corrected chi connectivity index (χ0v) is 13.6. The number of hydrogen-bond donors (Lipinski definition) is 0. The van der Waals surface area contributed by atoms with Gasteiger partial charge in [0, 0.05) is 32.6 Å². The molecule has 24 heavy (non-hydrogen) atoms. The van der Waals surface area contributed by atoms with Crippen LogP contribution in [-0.2, 0) is 17.8 Å². The van der Waals surface area contributed by atoms with Crippen molar-refractivity contribution in [2.75, 3.05) is 26.2 Å². The first-order chi connectivity index (χ1) is 11.7. The highest BCUT2D eigenvalue weighted by Gasteiger charge is 2.21. The highest BCUT2D eigenvalue weighted by atomic mass is 16.3. The lowest BCUT2D eigenvalue weighted by Crippen LogP contribution is -2.48. The number of piperazine rings is 1. The van der Waals surface area contributed by atoms with Crippen molar-refractivity contribution >= 4 is 5.91 Å². The monoisotopic (exact) mass is 323 g/mol. The van der Waals surface area contributed by atoms with Crippen LogP contribution in [0.5, 0.6) is 0 Å². The summed E-state index contributed by atoms with van der Waals surface area (Å²) in [5.74, 6) is 1.17. The van der Waals surface area contributed by atoms with Gasteiger partial charge in [-0.15, -0.1) is 0 Å². The van der Waals surface area contributed by atoms with E-state index in [0.29, 0.717) is 12.0 Å². The first-order valence-electron chi connectivity index (χ1n) is 8.26. The number of aryl methyl sites for hydroxylation is 1. The molecular weight excluding hydrogens is 302 g/mol. The maximum Gasteiger partial charge on any atom is 0.222 e. The largest absolute Gasteiger partial charge is 0.468 e. The van der Waals surface area contributed by atoms with E-state index in [0.717, 1.165) is 50.5 Å². The second-order valence-electron chi connectivity index (χ2n) is 6.05. The van der Waals surface area contributed by atoms with Gasteiger partial charge >= 0.3 is 0 Å². The molecule has 1 saturated heterocycles. The van der Waals surface area contributed by atoms with Crippen LogP contribution in [0.4, 0.5) is 0 Å². The van der Waals surface area contributed by atoms with Gasteiger partial charge < -0.3 is 9.32 Å². The van der Waals surface area contributed by atoms with Gasteiger partial charge in [-0.2, -0.15) is 5.26 Å². The van der Waals surface area contributed by atoms with E-state index in [2.05, 4.69) is 11.0 Å². The zero-order valence-electron chi connectivity index (χ0n) is 13.6. The fourth-order valence-corrected chi connectivity index (χ4v) is 2.93. The molecule has 0 atom stereocenters. The Bertz CT molecular complexity index is 693. The van der Waals surface area contributed by atoms with Crippen LogP contribution in [0.15, 0.2) is 47.1 Å². The average molecular weight is 323 g/mol. The van der Waals surface area contributed by atoms with Crippen LogP contribution in [0.2, 0.25) is 0 Å². The predicted octanol–water partition coefficient (Wildman–Crippen LogP) is 2.43. The molecule has 5 heteroatoms. The molecule has 2 aromatic rings. The third-order valence-corrected chi connectivity index (χ3v) is 4.40. The smallest absolute Gasteiger partial charge is 0.222 e. The minimum atomic E-state index is 0.206. The van der Waals surface area contributed by atoms with Crippen molar-refractivity contribution in [3.05, 3.63) is 59.5 Å². The van der Waals surface area contributed by atoms with Crippen LogP contribution in [0.1, 0.15) is 23.3 Å². The molecule has 1 amide bonds. The van der Waals surface area contributed by atoms with Crippen molar-refractivity contribution in [3.8, 4) is 6.07 Å². The summed E-state index contributed by atoms with van der Waals surface area (Å²) in [6.07, 6.45) is 2.93. The molecule has 124 valence electrons. The Balaban J connectivity index is 1.42. The maximum absolute atomic E-state index is 12.4. The topological polar surface area (TPSA) is 60.5 Å². The Hall–Kier alpha value is -2.58. The van der Waals surface area contributed by atoms with Crippen LogP contribution in [0.3, 0.4) is 0 Å². The molecule has 2 heterocycles. The van der Waals surface area contributed by atoms with Crippen molar-refractivity contribution in [1.29, 1.82) is 5.26 Å². The Kier molecular flexibility index (Phi) is 5.29. The van der Waals surface area contributed by atoms with E-state index in [-0.39, 0.29) is 5.91 Å². The highest BCUT2D eigenvalue weighted by molar-refractivity contribution is 5.76. The van der Waals surface area contributed by atoms with Crippen molar-refractivity contribution in [2.24, 2.45) is 0 Å². The third-order valence-electron chi connectivity index (χ3n) is 4.40. The summed E-state index contributed by atoms with van der Waals surface area (Å²) in [5, 5.41) is 8.80. The van der Waals surface area contributed by atoms with Gasteiger partial charge in [-0.05, 0) is 36.2 Å². The van der Waals surface area contributed by atoms with Gasteiger partial charge in [0.15, 0.2) is 0 Å². The van der Waals surface area contributed by atoms with Gasteiger partial charge in [0.25, 0.3) is 0 Å². The first kappa shape index (κ1) is 16.3. The van der Waals surface area contributed by atoms with E-state index in [9.17, 15) is 4.79 Å². The minimum Gasteiger partial charge on any atom is -0.468 e. The number of benzene rings is 1. The molecule has 0 radical (unpaired) electrons. The molecule has 1 aliphatic rings. The number of nitriles is 1. The number of carbonyl (C=O) groups excluding carboxylic acids is 1. The van der Waals surface area contributed by atoms with Crippen molar-refractivity contribution in [1.82, 2.24) is 9.80 Å². The SMILES string of the molecule is N#Cc1ccc(CCC(=O)N2CCN(Cc3ccco3)CC2)cc1. The molecule has 0 unspecified atom stereocenters. The molecule has 0 bridgehead atoms. The fraction of sp³-hybridized carbons (Fsp3) is 0.368. The molecular formula is C19H21N3O2. The summed E-state index contributed by atoms with van der Waals surface area (Å²) in [7, 11) is 0. The summed E-state index contributed by atoms with van der Waals surface area (Å²) in [6, 6.07) is 13.4. The lowest BCUT2D eigenvalue weighted by atomic mass is 10.1. The number of nitrogens with zero attached hydrogens (tertiary/aromatic N) is 3. The number of amides is 1. The average Bonchev–Trinajstić information content (AvgIpc) is 3.14. The molecule has 0 N–H and O–H groups in total. The molecule has 3 rings (SSSR count). The van der Waals surface area contributed by atoms with Gasteiger partial charge in [0.2, 0.25) is 5.91 Å². The molecule has 0 aliphatic carbocycles. The van der Waals surface area contributed by atoms with Gasteiger partial charge in [-0.3, -0.25) is 9.69 Å². The second kappa shape index (κ2) is 7.80. The van der Waals surface area contributed by atoms with Crippen molar-refractivity contribution in [2.45, 2.75) is 19.4 Å². The Morgan fingerprint density at radius 1 is 1.12 bits per heavy atom. The Morgan fingerprint density at radius 3 is 2.50 bits per heavy atom. The maximum atomic E-state index is 12.4. The van der Waals surface area contributed by atoms with Crippen molar-refractivity contribution in [3.63, 3.8) is 0 Å². The highest BCUT2D eigenvalue weighted by Crippen LogP contribution is 2.11. The third kappa shape index (κ3) is 4.24. The van der Waals surface area contributed by atoms with E-state index in [1.54, 1.807) is 18.4 Å². The lowest BCUT2D eigenvalue weighted by molar-refractivity contribution is -0.133. The van der Waals surface area contributed by atoms with Crippen LogP contribution in [0, 0.1) is 11.3 Å². The number of furan rings is 1. The number of hydrogen-bond acceptors (Lipinski definition) is 4. The quantitative estimate of drug-likeness (QED) is 0.848. The lowest BCUT2D eigenvalue weighted by Gasteiger charge is -2.34. The van der Waals surface area contributed by atoms with E-state index in [4.69, 9.17) is 9.68 Å². The summed E-state index contributed by atoms with van der Waals surface area (Å²) in [4.78, 5) is 16.6. The van der Waals surface area contributed by atoms with Gasteiger partial charge in [0.05, 0.1) is 24.4 Å². The van der Waals surface area contributed by atoms with Crippen LogP contribution in [-0.4, -0.2) is 41.9 Å². The summed E-state index contributed by atoms with van der Waals surface area (Å²) in [5.41, 5.74) is 1.75. The van der Waals surface area contributed by atoms with Crippen LogP contribution in [0.25, 0.3) is 0 Å². The van der Waals surface area contributed by atoms with E-state index >= 15 is 0 Å². The first-order valence-corrected chi connectivity index (χ1v) is 8.26. The molecule has 5 nitrogen and oxygen atoms in total. The van der Waals surface area contributed by atoms with Gasteiger partial charge in [-0.25, -0.2) is 0 Å². The number of rotatable bonds is 5. The van der Waals surface area contributed by atoms with E-state index in [1.165, 1.54) is 0 Å². The molecule has 1 aromatic carbocycles. The standard InChI is InChI=1S/C19H21N3O2/c20-14-17-5-3-16(4-6-17)7-8-19(23)22-11-9-21(10-12-22)15-18-2-1-13-24-18/h1-6,13H,7-12,15H2. The summed E-state index contributed by atoms with van der Waals surface area (Å²) < 4.78 is 5.37. The number of carbonyl (C=O) groups is 1. The molecule has 1 fully saturated rings. The van der Waals surface area contributed by atoms with Crippen LogP contribution >= 0.6 is 0 Å². The summed E-state index contributed by atoms with van der Waals surface area (Å²) >= 11 is 0. The fourth-order valence-electron chi connectivity index (χ4n) is 2.93. The normalized spacial score (nSPS) is 15.2. The molecule has 0 saturated carbocycles. The predicted molar refractivity (Wildman–Crippen MR) is 90.0 cm³/mol. The second-order valence-corrected chi connectivity index (χ2v) is 6.05. The summed E-state index contributed by atoms with van der Waals surface area (Å²) in [6.45, 7) is 4.10. The Morgan fingerprint density at radius 2 is 1.88 bits per heavy atom. The van der Waals surface area contributed by atoms with Crippen molar-refractivity contribution < 1.29 is 9.21 Å². The zero-order chi connectivity index (χ0) is 16.8. The van der Waals surface area contributed by atoms with Crippen LogP contribution < -0.4 is 0 Å². The Labute approximate surface area is 142 Å². The molecule has 0 spiro atoms. The molecule has 1 aromatic heterocycles. The van der Waals surface area contributed by atoms with Gasteiger partial charge in [-0.1, -0.05) is 12.1 Å². The van der Waals surface area contributed by atoms with Gasteiger partial charge in [0.1, 0.15) is 5.76 Å². The van der Waals surface area contributed by atoms with E-state index < -0.39 is 0 Å². The van der Waals surface area contributed by atoms with E-state index in [1.807, 2.05) is 29.2 Å².